The lowest BCUT2D eigenvalue weighted by molar-refractivity contribution is -0.143. The third kappa shape index (κ3) is 4.69. The largest absolute Gasteiger partial charge is 0.384 e. The van der Waals surface area contributed by atoms with Gasteiger partial charge in [0, 0.05) is 34.8 Å². The lowest BCUT2D eigenvalue weighted by Crippen LogP contribution is -2.02. The highest BCUT2D eigenvalue weighted by atomic mass is 16.7. The van der Waals surface area contributed by atoms with E-state index in [0.29, 0.717) is 5.71 Å². The Bertz CT molecular complexity index is 1310. The minimum Gasteiger partial charge on any atom is -0.384 e. The van der Waals surface area contributed by atoms with Crippen LogP contribution in [0.25, 0.3) is 21.8 Å². The van der Waals surface area contributed by atoms with Gasteiger partial charge in [0.1, 0.15) is 6.10 Å². The van der Waals surface area contributed by atoms with Gasteiger partial charge in [-0.2, -0.15) is 0 Å². The number of carbonyl (C=O) groups is 1. The molecule has 0 amide bonds. The van der Waals surface area contributed by atoms with Crippen molar-refractivity contribution in [1.29, 1.82) is 0 Å². The molecule has 4 rings (SSSR count). The van der Waals surface area contributed by atoms with Crippen molar-refractivity contribution in [2.45, 2.75) is 52.7 Å². The van der Waals surface area contributed by atoms with Crippen LogP contribution in [0.5, 0.6) is 0 Å². The summed E-state index contributed by atoms with van der Waals surface area (Å²) in [5.74, 6) is -0.355. The first-order valence-corrected chi connectivity index (χ1v) is 11.6. The molecular formula is C28H30N2O3. The summed E-state index contributed by atoms with van der Waals surface area (Å²) in [6.45, 7) is 6.70. The van der Waals surface area contributed by atoms with Gasteiger partial charge in [-0.15, -0.1) is 0 Å². The molecule has 0 spiro atoms. The Kier molecular flexibility index (Phi) is 6.90. The number of hydrogen-bond acceptors (Lipinski definition) is 4. The third-order valence-electron chi connectivity index (χ3n) is 6.05. The van der Waals surface area contributed by atoms with Crippen molar-refractivity contribution in [2.24, 2.45) is 5.16 Å². The lowest BCUT2D eigenvalue weighted by Gasteiger charge is -2.12. The minimum atomic E-state index is -0.690. The van der Waals surface area contributed by atoms with E-state index >= 15 is 0 Å². The molecule has 33 heavy (non-hydrogen) atoms. The fraction of sp³-hybridized carbons (Fsp3) is 0.286. The summed E-state index contributed by atoms with van der Waals surface area (Å²) >= 11 is 0. The summed E-state index contributed by atoms with van der Waals surface area (Å²) in [5, 5.41) is 17.2. The van der Waals surface area contributed by atoms with Crippen molar-refractivity contribution in [2.75, 3.05) is 0 Å². The average Bonchev–Trinajstić information content (AvgIpc) is 3.17. The minimum absolute atomic E-state index is 0.285. The van der Waals surface area contributed by atoms with Crippen LogP contribution >= 0.6 is 0 Å². The highest BCUT2D eigenvalue weighted by Gasteiger charge is 2.16. The van der Waals surface area contributed by atoms with Crippen molar-refractivity contribution in [3.05, 3.63) is 83.4 Å². The van der Waals surface area contributed by atoms with Crippen LogP contribution in [0.1, 0.15) is 62.8 Å². The van der Waals surface area contributed by atoms with Gasteiger partial charge in [-0.1, -0.05) is 67.9 Å². The van der Waals surface area contributed by atoms with E-state index in [4.69, 9.17) is 4.84 Å². The molecule has 0 saturated heterocycles. The second-order valence-electron chi connectivity index (χ2n) is 8.32. The number of carbonyl (C=O) groups excluding carboxylic acids is 1. The zero-order chi connectivity index (χ0) is 23.4. The van der Waals surface area contributed by atoms with Crippen LogP contribution in [0.15, 0.2) is 71.9 Å². The quantitative estimate of drug-likeness (QED) is 0.196. The normalized spacial score (nSPS) is 12.9. The number of aliphatic hydroxyl groups excluding tert-OH is 1. The number of aryl methyl sites for hydroxylation is 1. The van der Waals surface area contributed by atoms with Crippen LogP contribution < -0.4 is 0 Å². The van der Waals surface area contributed by atoms with Gasteiger partial charge in [0.2, 0.25) is 0 Å². The Hall–Kier alpha value is -3.44. The maximum Gasteiger partial charge on any atom is 0.334 e. The predicted octanol–water partition coefficient (Wildman–Crippen LogP) is 6.35. The predicted molar refractivity (Wildman–Crippen MR) is 133 cm³/mol. The molecule has 5 nitrogen and oxygen atoms in total. The number of rotatable bonds is 8. The number of oxime groups is 1. The van der Waals surface area contributed by atoms with E-state index in [0.717, 1.165) is 57.9 Å². The molecule has 4 aromatic rings. The monoisotopic (exact) mass is 442 g/mol. The molecule has 1 aromatic heterocycles. The first-order valence-electron chi connectivity index (χ1n) is 11.6. The van der Waals surface area contributed by atoms with E-state index < -0.39 is 6.10 Å². The molecule has 0 aliphatic rings. The summed E-state index contributed by atoms with van der Waals surface area (Å²) in [5.41, 5.74) is 5.56. The number of hydrogen-bond donors (Lipinski definition) is 1. The maximum atomic E-state index is 11.5. The Morgan fingerprint density at radius 3 is 2.36 bits per heavy atom. The Morgan fingerprint density at radius 2 is 1.67 bits per heavy atom. The smallest absolute Gasteiger partial charge is 0.334 e. The molecule has 0 aliphatic carbocycles. The number of nitrogens with zero attached hydrogens (tertiary/aromatic N) is 2. The van der Waals surface area contributed by atoms with Gasteiger partial charge in [-0.3, -0.25) is 0 Å². The molecule has 0 bridgehead atoms. The molecule has 1 atom stereocenters. The average molecular weight is 443 g/mol. The van der Waals surface area contributed by atoms with E-state index in [1.165, 1.54) is 0 Å². The zero-order valence-electron chi connectivity index (χ0n) is 19.4. The second kappa shape index (κ2) is 10.0. The van der Waals surface area contributed by atoms with Gasteiger partial charge in [0.05, 0.1) is 5.71 Å². The van der Waals surface area contributed by atoms with E-state index in [-0.39, 0.29) is 12.4 Å². The van der Waals surface area contributed by atoms with Crippen LogP contribution in [0, 0.1) is 0 Å². The summed E-state index contributed by atoms with van der Waals surface area (Å²) < 4.78 is 2.35. The molecule has 0 radical (unpaired) electrons. The summed E-state index contributed by atoms with van der Waals surface area (Å²) in [6, 6.07) is 22.1. The van der Waals surface area contributed by atoms with Gasteiger partial charge < -0.3 is 14.5 Å². The topological polar surface area (TPSA) is 63.8 Å². The zero-order valence-corrected chi connectivity index (χ0v) is 19.4. The fourth-order valence-electron chi connectivity index (χ4n) is 4.14. The van der Waals surface area contributed by atoms with Crippen molar-refractivity contribution in [3.63, 3.8) is 0 Å². The van der Waals surface area contributed by atoms with Gasteiger partial charge in [-0.05, 0) is 54.3 Å². The van der Waals surface area contributed by atoms with E-state index in [9.17, 15) is 9.90 Å². The number of unbranched alkanes of at least 4 members (excludes halogenated alkanes) is 1. The van der Waals surface area contributed by atoms with Gasteiger partial charge in [0.25, 0.3) is 0 Å². The molecule has 0 aliphatic heterocycles. The molecule has 3 aromatic carbocycles. The van der Waals surface area contributed by atoms with Crippen molar-refractivity contribution < 1.29 is 14.7 Å². The first-order chi connectivity index (χ1) is 16.0. The summed E-state index contributed by atoms with van der Waals surface area (Å²) in [4.78, 5) is 16.5. The van der Waals surface area contributed by atoms with Crippen molar-refractivity contribution >= 4 is 33.5 Å². The van der Waals surface area contributed by atoms with E-state index in [1.807, 2.05) is 49.4 Å². The number of benzene rings is 3. The molecule has 0 saturated carbocycles. The summed E-state index contributed by atoms with van der Waals surface area (Å²) in [6.07, 6.45) is 1.79. The van der Waals surface area contributed by atoms with Crippen LogP contribution in [0.3, 0.4) is 0 Å². The SMILES string of the molecule is CCCCn1c2ccc(/C(C)=N/OC(=O)CC)cc2c2cc(C(O)c3ccccc3)ccc21. The maximum absolute atomic E-state index is 11.5. The van der Waals surface area contributed by atoms with Gasteiger partial charge in [0.15, 0.2) is 0 Å². The highest BCUT2D eigenvalue weighted by molar-refractivity contribution is 6.11. The van der Waals surface area contributed by atoms with Crippen LogP contribution in [-0.4, -0.2) is 21.4 Å². The van der Waals surface area contributed by atoms with Crippen molar-refractivity contribution in [3.8, 4) is 0 Å². The number of aliphatic hydroxyl groups is 1. The summed E-state index contributed by atoms with van der Waals surface area (Å²) in [7, 11) is 0. The van der Waals surface area contributed by atoms with E-state index in [1.54, 1.807) is 6.92 Å². The fourth-order valence-corrected chi connectivity index (χ4v) is 4.14. The third-order valence-corrected chi connectivity index (χ3v) is 6.05. The van der Waals surface area contributed by atoms with Gasteiger partial charge >= 0.3 is 5.97 Å². The van der Waals surface area contributed by atoms with Crippen LogP contribution in [-0.2, 0) is 16.2 Å². The first kappa shape index (κ1) is 22.7. The van der Waals surface area contributed by atoms with E-state index in [2.05, 4.69) is 40.9 Å². The van der Waals surface area contributed by atoms with Crippen molar-refractivity contribution in [1.82, 2.24) is 4.57 Å². The molecule has 0 fully saturated rings. The molecule has 170 valence electrons. The molecule has 5 heteroatoms. The Balaban J connectivity index is 1.84. The molecular weight excluding hydrogens is 412 g/mol. The Labute approximate surface area is 194 Å². The molecule has 1 N–H and O–H groups in total. The van der Waals surface area contributed by atoms with Crippen LogP contribution in [0.2, 0.25) is 0 Å². The van der Waals surface area contributed by atoms with Crippen LogP contribution in [0.4, 0.5) is 0 Å². The molecule has 1 unspecified atom stereocenters. The highest BCUT2D eigenvalue weighted by Crippen LogP contribution is 2.33. The van der Waals surface area contributed by atoms with Gasteiger partial charge in [-0.25, -0.2) is 4.79 Å². The number of aromatic nitrogens is 1. The second-order valence-corrected chi connectivity index (χ2v) is 8.32. The molecule has 1 heterocycles. The standard InChI is InChI=1S/C28H30N2O3/c1-4-6-16-30-25-14-12-21(19(3)29-33-27(31)5-2)17-23(25)24-18-22(13-15-26(24)30)28(32)20-10-8-7-9-11-20/h7-15,17-18,28,32H,4-6,16H2,1-3H3/b29-19+. The lowest BCUT2D eigenvalue weighted by atomic mass is 9.99. The number of fused-ring (bicyclic) bond motifs is 3. The Morgan fingerprint density at radius 1 is 0.970 bits per heavy atom.